The molecular formula is C25H29BrN8O. The third-order valence-corrected chi connectivity index (χ3v) is 7.48. The van der Waals surface area contributed by atoms with Crippen molar-refractivity contribution in [2.75, 3.05) is 18.9 Å². The van der Waals surface area contributed by atoms with Crippen molar-refractivity contribution < 1.29 is 4.79 Å². The van der Waals surface area contributed by atoms with E-state index in [1.54, 1.807) is 13.2 Å². The van der Waals surface area contributed by atoms with Gasteiger partial charge in [-0.25, -0.2) is 9.67 Å². The van der Waals surface area contributed by atoms with Crippen molar-refractivity contribution in [1.29, 1.82) is 0 Å². The quantitative estimate of drug-likeness (QED) is 0.328. The van der Waals surface area contributed by atoms with Gasteiger partial charge in [-0.15, -0.1) is 0 Å². The number of hydrogen-bond donors (Lipinski definition) is 3. The van der Waals surface area contributed by atoms with Gasteiger partial charge in [0, 0.05) is 36.3 Å². The first-order valence-corrected chi connectivity index (χ1v) is 12.7. The van der Waals surface area contributed by atoms with E-state index in [1.807, 2.05) is 23.9 Å². The summed E-state index contributed by atoms with van der Waals surface area (Å²) in [5.74, 6) is 0.611. The van der Waals surface area contributed by atoms with Gasteiger partial charge in [0.05, 0.1) is 16.6 Å². The number of carbonyl (C=O) groups is 1. The van der Waals surface area contributed by atoms with Crippen LogP contribution in [0.2, 0.25) is 0 Å². The van der Waals surface area contributed by atoms with Gasteiger partial charge in [0.15, 0.2) is 5.65 Å². The van der Waals surface area contributed by atoms with Gasteiger partial charge < -0.3 is 16.4 Å². The van der Waals surface area contributed by atoms with Crippen molar-refractivity contribution in [2.45, 2.75) is 45.1 Å². The summed E-state index contributed by atoms with van der Waals surface area (Å²) >= 11 is 3.57. The molecule has 35 heavy (non-hydrogen) atoms. The maximum atomic E-state index is 12.3. The summed E-state index contributed by atoms with van der Waals surface area (Å²) in [5, 5.41) is 12.8. The summed E-state index contributed by atoms with van der Waals surface area (Å²) in [6.07, 6.45) is 7.76. The Kier molecular flexibility index (Phi) is 6.41. The molecule has 0 bridgehead atoms. The molecule has 1 aliphatic rings. The summed E-state index contributed by atoms with van der Waals surface area (Å²) in [6, 6.07) is 8.32. The SMILES string of the molecule is CNC(=O)[C@]1(C)CC[C@@H](Nc2ncc3c(Br)nn(-c4cc(CCCN)c5ncccc5c4)c3n2)C1. The molecule has 3 aromatic heterocycles. The lowest BCUT2D eigenvalue weighted by Gasteiger charge is -2.22. The largest absolute Gasteiger partial charge is 0.359 e. The second-order valence-electron chi connectivity index (χ2n) is 9.43. The van der Waals surface area contributed by atoms with Gasteiger partial charge in [0.1, 0.15) is 4.60 Å². The van der Waals surface area contributed by atoms with Crippen LogP contribution in [0, 0.1) is 5.41 Å². The molecule has 0 radical (unpaired) electrons. The van der Waals surface area contributed by atoms with Crippen LogP contribution in [0.1, 0.15) is 38.2 Å². The molecule has 0 spiro atoms. The van der Waals surface area contributed by atoms with E-state index in [9.17, 15) is 4.79 Å². The minimum atomic E-state index is -0.375. The lowest BCUT2D eigenvalue weighted by atomic mass is 9.87. The van der Waals surface area contributed by atoms with Crippen molar-refractivity contribution in [3.05, 3.63) is 46.8 Å². The third kappa shape index (κ3) is 4.48. The molecule has 3 heterocycles. The monoisotopic (exact) mass is 536 g/mol. The Morgan fingerprint density at radius 3 is 3.00 bits per heavy atom. The number of nitrogens with one attached hydrogen (secondary N) is 2. The number of fused-ring (bicyclic) bond motifs is 2. The van der Waals surface area contributed by atoms with Gasteiger partial charge in [-0.3, -0.25) is 9.78 Å². The highest BCUT2D eigenvalue weighted by Gasteiger charge is 2.41. The Morgan fingerprint density at radius 2 is 2.20 bits per heavy atom. The average Bonchev–Trinajstić information content (AvgIpc) is 3.41. The first kappa shape index (κ1) is 23.6. The molecule has 9 nitrogen and oxygen atoms in total. The Balaban J connectivity index is 1.51. The van der Waals surface area contributed by atoms with Crippen LogP contribution in [0.3, 0.4) is 0 Å². The molecule has 5 rings (SSSR count). The number of amides is 1. The Hall–Kier alpha value is -3.11. The van der Waals surface area contributed by atoms with Gasteiger partial charge in [-0.2, -0.15) is 10.1 Å². The zero-order valence-electron chi connectivity index (χ0n) is 19.9. The maximum absolute atomic E-state index is 12.3. The summed E-state index contributed by atoms with van der Waals surface area (Å²) in [6.45, 7) is 2.64. The van der Waals surface area contributed by atoms with Gasteiger partial charge in [0.2, 0.25) is 11.9 Å². The van der Waals surface area contributed by atoms with Crippen LogP contribution >= 0.6 is 15.9 Å². The van der Waals surface area contributed by atoms with Crippen molar-refractivity contribution in [3.63, 3.8) is 0 Å². The summed E-state index contributed by atoms with van der Waals surface area (Å²) in [4.78, 5) is 26.3. The van der Waals surface area contributed by atoms with Crippen LogP contribution in [0.4, 0.5) is 5.95 Å². The first-order chi connectivity index (χ1) is 16.9. The highest BCUT2D eigenvalue weighted by atomic mass is 79.9. The molecule has 4 N–H and O–H groups in total. The predicted molar refractivity (Wildman–Crippen MR) is 140 cm³/mol. The van der Waals surface area contributed by atoms with Gasteiger partial charge in [-0.05, 0) is 78.3 Å². The van der Waals surface area contributed by atoms with E-state index < -0.39 is 0 Å². The number of anilines is 1. The molecule has 10 heteroatoms. The zero-order chi connectivity index (χ0) is 24.6. The highest BCUT2D eigenvalue weighted by molar-refractivity contribution is 9.10. The van der Waals surface area contributed by atoms with E-state index >= 15 is 0 Å². The smallest absolute Gasteiger partial charge is 0.225 e. The van der Waals surface area contributed by atoms with E-state index in [4.69, 9.17) is 15.8 Å². The molecule has 1 aliphatic carbocycles. The molecule has 0 saturated heterocycles. The molecule has 0 aliphatic heterocycles. The number of carbonyl (C=O) groups excluding carboxylic acids is 1. The number of aromatic nitrogens is 5. The van der Waals surface area contributed by atoms with E-state index in [2.05, 4.69) is 54.7 Å². The Labute approximate surface area is 212 Å². The molecule has 2 atom stereocenters. The maximum Gasteiger partial charge on any atom is 0.225 e. The van der Waals surface area contributed by atoms with Crippen LogP contribution in [0.25, 0.3) is 27.6 Å². The molecule has 182 valence electrons. The van der Waals surface area contributed by atoms with Crippen molar-refractivity contribution in [2.24, 2.45) is 11.1 Å². The van der Waals surface area contributed by atoms with Crippen LogP contribution in [0.15, 0.2) is 41.3 Å². The number of halogens is 1. The average molecular weight is 537 g/mol. The number of nitrogens with two attached hydrogens (primary N) is 1. The van der Waals surface area contributed by atoms with E-state index in [0.717, 1.165) is 59.6 Å². The molecule has 4 aromatic rings. The summed E-state index contributed by atoms with van der Waals surface area (Å²) in [7, 11) is 1.69. The molecule has 1 saturated carbocycles. The van der Waals surface area contributed by atoms with Crippen molar-refractivity contribution >= 4 is 49.7 Å². The van der Waals surface area contributed by atoms with Crippen LogP contribution < -0.4 is 16.4 Å². The zero-order valence-corrected chi connectivity index (χ0v) is 21.5. The van der Waals surface area contributed by atoms with E-state index in [0.29, 0.717) is 22.7 Å². The number of pyridine rings is 1. The van der Waals surface area contributed by atoms with Gasteiger partial charge >= 0.3 is 0 Å². The van der Waals surface area contributed by atoms with Crippen LogP contribution in [-0.2, 0) is 11.2 Å². The van der Waals surface area contributed by atoms with E-state index in [-0.39, 0.29) is 17.4 Å². The minimum absolute atomic E-state index is 0.0800. The highest BCUT2D eigenvalue weighted by Crippen LogP contribution is 2.39. The first-order valence-electron chi connectivity index (χ1n) is 11.9. The Bertz CT molecular complexity index is 1400. The fraction of sp³-hybridized carbons (Fsp3) is 0.400. The summed E-state index contributed by atoms with van der Waals surface area (Å²) < 4.78 is 2.52. The second-order valence-corrected chi connectivity index (χ2v) is 10.2. The fourth-order valence-electron chi connectivity index (χ4n) is 5.03. The minimum Gasteiger partial charge on any atom is -0.359 e. The number of benzene rings is 1. The third-order valence-electron chi connectivity index (χ3n) is 6.89. The fourth-order valence-corrected chi connectivity index (χ4v) is 5.47. The van der Waals surface area contributed by atoms with Gasteiger partial charge in [-0.1, -0.05) is 13.0 Å². The number of hydrogen-bond acceptors (Lipinski definition) is 7. The topological polar surface area (TPSA) is 124 Å². The normalized spacial score (nSPS) is 19.9. The number of nitrogens with zero attached hydrogens (tertiary/aromatic N) is 5. The molecule has 0 unspecified atom stereocenters. The second kappa shape index (κ2) is 9.50. The predicted octanol–water partition coefficient (Wildman–Crippen LogP) is 3.73. The van der Waals surface area contributed by atoms with Crippen molar-refractivity contribution in [1.82, 2.24) is 30.0 Å². The summed E-state index contributed by atoms with van der Waals surface area (Å²) in [5.41, 5.74) is 9.14. The molecule has 1 amide bonds. The van der Waals surface area contributed by atoms with Crippen LogP contribution in [-0.4, -0.2) is 50.3 Å². The molecular weight excluding hydrogens is 508 g/mol. The lowest BCUT2D eigenvalue weighted by Crippen LogP contribution is -2.35. The number of rotatable bonds is 7. The van der Waals surface area contributed by atoms with Crippen molar-refractivity contribution in [3.8, 4) is 5.69 Å². The Morgan fingerprint density at radius 1 is 1.34 bits per heavy atom. The van der Waals surface area contributed by atoms with Gasteiger partial charge in [0.25, 0.3) is 0 Å². The molecule has 1 aromatic carbocycles. The van der Waals surface area contributed by atoms with Crippen LogP contribution in [0.5, 0.6) is 0 Å². The number of aryl methyl sites for hydroxylation is 1. The molecule has 1 fully saturated rings. The van der Waals surface area contributed by atoms with E-state index in [1.165, 1.54) is 0 Å². The standard InChI is InChI=1S/C25H29BrN8O/c1-25(23(35)28-2)8-7-17(13-25)31-24-30-14-19-21(26)33-34(22(19)32-24)18-11-15(5-3-9-27)20-16(12-18)6-4-10-29-20/h4,6,10-12,14,17H,3,5,7-9,13,27H2,1-2H3,(H,28,35)(H,30,31,32)/t17-,25-/m1/s1. The lowest BCUT2D eigenvalue weighted by molar-refractivity contribution is -0.129.